The molecular formula is C18H19NO3S. The Balaban J connectivity index is 2.03. The van der Waals surface area contributed by atoms with Crippen molar-refractivity contribution in [3.8, 4) is 17.2 Å². The van der Waals surface area contributed by atoms with Gasteiger partial charge in [0.05, 0.1) is 21.3 Å². The molecule has 0 spiro atoms. The Kier molecular flexibility index (Phi) is 4.39. The number of rotatable bonds is 5. The lowest BCUT2D eigenvalue weighted by atomic mass is 10.2. The highest BCUT2D eigenvalue weighted by atomic mass is 32.2. The van der Waals surface area contributed by atoms with Crippen molar-refractivity contribution < 1.29 is 14.2 Å². The van der Waals surface area contributed by atoms with E-state index in [1.54, 1.807) is 33.1 Å². The number of aromatic nitrogens is 1. The molecule has 0 atom stereocenters. The predicted octanol–water partition coefficient (Wildman–Crippen LogP) is 4.65. The van der Waals surface area contributed by atoms with Crippen molar-refractivity contribution in [2.75, 3.05) is 21.3 Å². The van der Waals surface area contributed by atoms with Crippen LogP contribution in [0.4, 0.5) is 0 Å². The molecule has 0 radical (unpaired) electrons. The molecule has 0 aliphatic heterocycles. The molecule has 0 fully saturated rings. The van der Waals surface area contributed by atoms with Gasteiger partial charge in [0.25, 0.3) is 0 Å². The Morgan fingerprint density at radius 3 is 2.22 bits per heavy atom. The Labute approximate surface area is 139 Å². The smallest absolute Gasteiger partial charge is 0.203 e. The molecule has 2 aromatic carbocycles. The van der Waals surface area contributed by atoms with Crippen molar-refractivity contribution in [1.82, 2.24) is 4.98 Å². The number of hydrogen-bond acceptors (Lipinski definition) is 4. The van der Waals surface area contributed by atoms with Gasteiger partial charge in [-0.15, -0.1) is 0 Å². The zero-order valence-electron chi connectivity index (χ0n) is 13.6. The Morgan fingerprint density at radius 1 is 0.913 bits per heavy atom. The normalized spacial score (nSPS) is 10.8. The topological polar surface area (TPSA) is 43.5 Å². The van der Waals surface area contributed by atoms with E-state index in [0.717, 1.165) is 15.3 Å². The van der Waals surface area contributed by atoms with Crippen LogP contribution in [0.2, 0.25) is 0 Å². The van der Waals surface area contributed by atoms with Crippen LogP contribution in [0.5, 0.6) is 17.2 Å². The first-order valence-electron chi connectivity index (χ1n) is 7.22. The zero-order chi connectivity index (χ0) is 16.4. The summed E-state index contributed by atoms with van der Waals surface area (Å²) in [5.41, 5.74) is 2.37. The van der Waals surface area contributed by atoms with Crippen LogP contribution in [0.3, 0.4) is 0 Å². The van der Waals surface area contributed by atoms with Gasteiger partial charge in [-0.25, -0.2) is 0 Å². The first-order valence-corrected chi connectivity index (χ1v) is 8.03. The molecule has 3 rings (SSSR count). The maximum Gasteiger partial charge on any atom is 0.203 e. The summed E-state index contributed by atoms with van der Waals surface area (Å²) in [7, 11) is 4.86. The minimum Gasteiger partial charge on any atom is -0.493 e. The third kappa shape index (κ3) is 2.97. The highest BCUT2D eigenvalue weighted by Crippen LogP contribution is 2.43. The van der Waals surface area contributed by atoms with Crippen LogP contribution in [0, 0.1) is 6.92 Å². The molecule has 5 heteroatoms. The third-order valence-corrected chi connectivity index (χ3v) is 4.69. The van der Waals surface area contributed by atoms with Crippen LogP contribution in [0.25, 0.3) is 10.9 Å². The maximum absolute atomic E-state index is 5.42. The molecule has 23 heavy (non-hydrogen) atoms. The lowest BCUT2D eigenvalue weighted by Crippen LogP contribution is -1.95. The van der Waals surface area contributed by atoms with E-state index in [-0.39, 0.29) is 0 Å². The molecule has 3 aromatic rings. The number of ether oxygens (including phenoxy) is 3. The fraction of sp³-hybridized carbons (Fsp3) is 0.222. The first-order chi connectivity index (χ1) is 11.2. The second kappa shape index (κ2) is 6.46. The van der Waals surface area contributed by atoms with E-state index in [1.807, 2.05) is 18.3 Å². The second-order valence-corrected chi connectivity index (χ2v) is 6.28. The minimum atomic E-state index is 0.606. The van der Waals surface area contributed by atoms with Gasteiger partial charge in [0.2, 0.25) is 5.75 Å². The number of nitrogens with one attached hydrogen (secondary N) is 1. The summed E-state index contributed by atoms with van der Waals surface area (Å²) in [6, 6.07) is 10.3. The van der Waals surface area contributed by atoms with E-state index < -0.39 is 0 Å². The van der Waals surface area contributed by atoms with Gasteiger partial charge in [-0.05, 0) is 31.2 Å². The van der Waals surface area contributed by atoms with Crippen LogP contribution >= 0.6 is 11.8 Å². The van der Waals surface area contributed by atoms with E-state index in [1.165, 1.54) is 10.9 Å². The molecular weight excluding hydrogens is 310 g/mol. The van der Waals surface area contributed by atoms with E-state index in [9.17, 15) is 0 Å². The van der Waals surface area contributed by atoms with Gasteiger partial charge in [0.15, 0.2) is 11.5 Å². The van der Waals surface area contributed by atoms with Gasteiger partial charge >= 0.3 is 0 Å². The number of benzene rings is 2. The largest absolute Gasteiger partial charge is 0.493 e. The van der Waals surface area contributed by atoms with Crippen molar-refractivity contribution in [2.45, 2.75) is 16.7 Å². The fourth-order valence-corrected chi connectivity index (χ4v) is 3.52. The summed E-state index contributed by atoms with van der Waals surface area (Å²) in [6.45, 7) is 2.10. The molecule has 120 valence electrons. The van der Waals surface area contributed by atoms with Gasteiger partial charge in [0, 0.05) is 26.9 Å². The van der Waals surface area contributed by atoms with Gasteiger partial charge < -0.3 is 19.2 Å². The first kappa shape index (κ1) is 15.6. The fourth-order valence-electron chi connectivity index (χ4n) is 2.54. The highest BCUT2D eigenvalue weighted by molar-refractivity contribution is 7.99. The summed E-state index contributed by atoms with van der Waals surface area (Å²) in [4.78, 5) is 5.50. The number of fused-ring (bicyclic) bond motifs is 1. The molecule has 1 aromatic heterocycles. The number of aromatic amines is 1. The van der Waals surface area contributed by atoms with E-state index in [4.69, 9.17) is 14.2 Å². The minimum absolute atomic E-state index is 0.606. The van der Waals surface area contributed by atoms with Crippen molar-refractivity contribution in [1.29, 1.82) is 0 Å². The Morgan fingerprint density at radius 2 is 1.61 bits per heavy atom. The number of methoxy groups -OCH3 is 3. The van der Waals surface area contributed by atoms with Crippen LogP contribution in [0.15, 0.2) is 46.3 Å². The van der Waals surface area contributed by atoms with Crippen LogP contribution in [0.1, 0.15) is 5.56 Å². The van der Waals surface area contributed by atoms with Crippen molar-refractivity contribution in [2.24, 2.45) is 0 Å². The molecule has 1 heterocycles. The maximum atomic E-state index is 5.42. The molecule has 0 aliphatic carbocycles. The third-order valence-electron chi connectivity index (χ3n) is 3.67. The number of aryl methyl sites for hydroxylation is 1. The zero-order valence-corrected chi connectivity index (χ0v) is 14.4. The molecule has 0 unspecified atom stereocenters. The average Bonchev–Trinajstić information content (AvgIpc) is 2.96. The molecule has 0 aliphatic rings. The lowest BCUT2D eigenvalue weighted by Gasteiger charge is -2.13. The predicted molar refractivity (Wildman–Crippen MR) is 93.3 cm³/mol. The van der Waals surface area contributed by atoms with E-state index >= 15 is 0 Å². The van der Waals surface area contributed by atoms with Crippen LogP contribution in [-0.4, -0.2) is 26.3 Å². The summed E-state index contributed by atoms with van der Waals surface area (Å²) in [5, 5.41) is 1.21. The van der Waals surface area contributed by atoms with Crippen molar-refractivity contribution in [3.05, 3.63) is 42.1 Å². The molecule has 0 bridgehead atoms. The SMILES string of the molecule is COc1cc(Sc2c[nH]c3ccc(C)cc23)cc(OC)c1OC. The summed E-state index contributed by atoms with van der Waals surface area (Å²) >= 11 is 1.66. The van der Waals surface area contributed by atoms with Crippen LogP contribution in [-0.2, 0) is 0 Å². The summed E-state index contributed by atoms with van der Waals surface area (Å²) in [6.07, 6.45) is 2.03. The molecule has 4 nitrogen and oxygen atoms in total. The standard InChI is InChI=1S/C18H19NO3S/c1-11-5-6-14-13(7-11)17(10-19-14)23-12-8-15(20-2)18(22-4)16(9-12)21-3/h5-10,19H,1-4H3. The van der Waals surface area contributed by atoms with Gasteiger partial charge in [-0.1, -0.05) is 23.4 Å². The quantitative estimate of drug-likeness (QED) is 0.740. The number of hydrogen-bond donors (Lipinski definition) is 1. The van der Waals surface area contributed by atoms with E-state index in [2.05, 4.69) is 30.1 Å². The highest BCUT2D eigenvalue weighted by Gasteiger charge is 2.15. The lowest BCUT2D eigenvalue weighted by molar-refractivity contribution is 0.323. The summed E-state index contributed by atoms with van der Waals surface area (Å²) in [5.74, 6) is 1.92. The Hall–Kier alpha value is -2.27. The molecule has 1 N–H and O–H groups in total. The molecule has 0 saturated heterocycles. The van der Waals surface area contributed by atoms with E-state index in [0.29, 0.717) is 17.2 Å². The van der Waals surface area contributed by atoms with Gasteiger partial charge in [-0.2, -0.15) is 0 Å². The monoisotopic (exact) mass is 329 g/mol. The van der Waals surface area contributed by atoms with Crippen molar-refractivity contribution in [3.63, 3.8) is 0 Å². The van der Waals surface area contributed by atoms with Gasteiger partial charge in [0.1, 0.15) is 0 Å². The number of H-pyrrole nitrogens is 1. The molecule has 0 amide bonds. The second-order valence-electron chi connectivity index (χ2n) is 5.17. The Bertz CT molecular complexity index is 816. The summed E-state index contributed by atoms with van der Waals surface area (Å²) < 4.78 is 16.2. The van der Waals surface area contributed by atoms with Gasteiger partial charge in [-0.3, -0.25) is 0 Å². The molecule has 0 saturated carbocycles. The van der Waals surface area contributed by atoms with Crippen LogP contribution < -0.4 is 14.2 Å². The van der Waals surface area contributed by atoms with Crippen molar-refractivity contribution >= 4 is 22.7 Å². The average molecular weight is 329 g/mol.